The largest absolute Gasteiger partial charge is 0.426 e. The van der Waals surface area contributed by atoms with Gasteiger partial charge in [-0.2, -0.15) is 8.78 Å². The van der Waals surface area contributed by atoms with Crippen molar-refractivity contribution in [3.8, 4) is 28.0 Å². The number of halogens is 5. The Labute approximate surface area is 190 Å². The highest BCUT2D eigenvalue weighted by Crippen LogP contribution is 2.37. The van der Waals surface area contributed by atoms with Gasteiger partial charge in [0.2, 0.25) is 0 Å². The topological polar surface area (TPSA) is 9.23 Å². The molecule has 0 unspecified atom stereocenters. The first-order chi connectivity index (χ1) is 15.6. The van der Waals surface area contributed by atoms with Crippen molar-refractivity contribution in [1.29, 1.82) is 0 Å². The normalized spacial score (nSPS) is 18.9. The minimum absolute atomic E-state index is 0.0423. The standard InChI is InChI=1S/C27H25F5O/c1-16-3-5-17(6-4-16)18-7-9-19(10-8-18)20-11-12-22(23(28)13-20)21-14-24(29)26(25(30)15-21)33-27(2,31)32/h7-17H,3-6H2,1-2H3. The van der Waals surface area contributed by atoms with Crippen LogP contribution in [0, 0.1) is 23.4 Å². The SMILES string of the molecule is CC1CCC(c2ccc(-c3ccc(-c4cc(F)c(OC(C)(F)F)c(F)c4)c(F)c3)cc2)CC1. The highest BCUT2D eigenvalue weighted by Gasteiger charge is 2.28. The van der Waals surface area contributed by atoms with Crippen LogP contribution >= 0.6 is 0 Å². The lowest BCUT2D eigenvalue weighted by Crippen LogP contribution is -2.20. The molecule has 0 aromatic heterocycles. The average molecular weight is 460 g/mol. The maximum Gasteiger partial charge on any atom is 0.395 e. The van der Waals surface area contributed by atoms with Gasteiger partial charge in [0.25, 0.3) is 0 Å². The molecular formula is C27H25F5O. The van der Waals surface area contributed by atoms with Crippen molar-refractivity contribution in [3.63, 3.8) is 0 Å². The molecule has 1 saturated carbocycles. The van der Waals surface area contributed by atoms with Crippen molar-refractivity contribution < 1.29 is 26.7 Å². The third-order valence-corrected chi connectivity index (χ3v) is 6.29. The second-order valence-electron chi connectivity index (χ2n) is 8.95. The minimum Gasteiger partial charge on any atom is -0.426 e. The van der Waals surface area contributed by atoms with Crippen LogP contribution in [0.15, 0.2) is 54.6 Å². The number of ether oxygens (including phenoxy) is 1. The predicted molar refractivity (Wildman–Crippen MR) is 119 cm³/mol. The third kappa shape index (κ3) is 5.37. The Bertz CT molecular complexity index is 1100. The number of rotatable bonds is 5. The molecule has 0 radical (unpaired) electrons. The Morgan fingerprint density at radius 2 is 1.27 bits per heavy atom. The molecule has 3 aromatic carbocycles. The molecule has 0 bridgehead atoms. The molecule has 0 atom stereocenters. The molecule has 0 amide bonds. The minimum atomic E-state index is -3.75. The Morgan fingerprint density at radius 1 is 0.727 bits per heavy atom. The molecule has 0 saturated heterocycles. The van der Waals surface area contributed by atoms with Crippen molar-refractivity contribution in [1.82, 2.24) is 0 Å². The second-order valence-corrected chi connectivity index (χ2v) is 8.95. The van der Waals surface area contributed by atoms with Crippen molar-refractivity contribution in [2.24, 2.45) is 5.92 Å². The second kappa shape index (κ2) is 9.16. The van der Waals surface area contributed by atoms with E-state index < -0.39 is 29.3 Å². The summed E-state index contributed by atoms with van der Waals surface area (Å²) in [6.07, 6.45) is 1.07. The van der Waals surface area contributed by atoms with Gasteiger partial charge < -0.3 is 4.74 Å². The zero-order valence-electron chi connectivity index (χ0n) is 18.5. The zero-order chi connectivity index (χ0) is 23.8. The summed E-state index contributed by atoms with van der Waals surface area (Å²) in [5.74, 6) is -3.20. The maximum atomic E-state index is 14.9. The Hall–Kier alpha value is -2.89. The number of hydrogen-bond donors (Lipinski definition) is 0. The van der Waals surface area contributed by atoms with Gasteiger partial charge in [0.05, 0.1) is 0 Å². The van der Waals surface area contributed by atoms with Crippen LogP contribution in [0.25, 0.3) is 22.3 Å². The zero-order valence-corrected chi connectivity index (χ0v) is 18.5. The predicted octanol–water partition coefficient (Wildman–Crippen LogP) is 8.72. The molecule has 33 heavy (non-hydrogen) atoms. The van der Waals surface area contributed by atoms with Crippen LogP contribution in [0.3, 0.4) is 0 Å². The number of hydrogen-bond acceptors (Lipinski definition) is 1. The third-order valence-electron chi connectivity index (χ3n) is 6.29. The van der Waals surface area contributed by atoms with E-state index in [9.17, 15) is 22.0 Å². The van der Waals surface area contributed by atoms with Crippen LogP contribution < -0.4 is 4.74 Å². The van der Waals surface area contributed by atoms with E-state index in [1.54, 1.807) is 6.07 Å². The summed E-state index contributed by atoms with van der Waals surface area (Å²) in [5.41, 5.74) is 2.60. The van der Waals surface area contributed by atoms with Gasteiger partial charge in [0, 0.05) is 12.5 Å². The molecule has 4 rings (SSSR count). The van der Waals surface area contributed by atoms with E-state index in [-0.39, 0.29) is 11.1 Å². The van der Waals surface area contributed by atoms with E-state index in [4.69, 9.17) is 0 Å². The van der Waals surface area contributed by atoms with E-state index in [0.717, 1.165) is 23.6 Å². The molecule has 174 valence electrons. The fourth-order valence-corrected chi connectivity index (χ4v) is 4.46. The van der Waals surface area contributed by atoms with Gasteiger partial charge in [-0.05, 0) is 65.1 Å². The fraction of sp³-hybridized carbons (Fsp3) is 0.333. The van der Waals surface area contributed by atoms with E-state index in [1.165, 1.54) is 43.4 Å². The molecule has 0 N–H and O–H groups in total. The van der Waals surface area contributed by atoms with E-state index in [1.807, 2.05) is 12.1 Å². The molecule has 0 heterocycles. The van der Waals surface area contributed by atoms with Crippen molar-refractivity contribution in [2.75, 3.05) is 0 Å². The van der Waals surface area contributed by atoms with Gasteiger partial charge >= 0.3 is 6.11 Å². The molecule has 1 fully saturated rings. The lowest BCUT2D eigenvalue weighted by molar-refractivity contribution is -0.162. The molecule has 1 nitrogen and oxygen atoms in total. The van der Waals surface area contributed by atoms with Gasteiger partial charge in [-0.1, -0.05) is 56.2 Å². The van der Waals surface area contributed by atoms with Crippen LogP contribution in [-0.4, -0.2) is 6.11 Å². The van der Waals surface area contributed by atoms with Gasteiger partial charge in [-0.15, -0.1) is 0 Å². The molecule has 1 aliphatic rings. The van der Waals surface area contributed by atoms with Crippen molar-refractivity contribution in [3.05, 3.63) is 77.6 Å². The quantitative estimate of drug-likeness (QED) is 0.346. The van der Waals surface area contributed by atoms with E-state index in [0.29, 0.717) is 18.4 Å². The van der Waals surface area contributed by atoms with Crippen LogP contribution in [0.5, 0.6) is 5.75 Å². The number of benzene rings is 3. The first kappa shape index (κ1) is 23.3. The molecule has 3 aromatic rings. The molecule has 0 spiro atoms. The highest BCUT2D eigenvalue weighted by molar-refractivity contribution is 5.71. The highest BCUT2D eigenvalue weighted by atomic mass is 19.3. The van der Waals surface area contributed by atoms with Crippen LogP contribution in [-0.2, 0) is 0 Å². The maximum absolute atomic E-state index is 14.9. The first-order valence-electron chi connectivity index (χ1n) is 11.1. The summed E-state index contributed by atoms with van der Waals surface area (Å²) < 4.78 is 73.3. The van der Waals surface area contributed by atoms with Gasteiger partial charge in [-0.3, -0.25) is 0 Å². The Kier molecular flexibility index (Phi) is 6.46. The van der Waals surface area contributed by atoms with Crippen molar-refractivity contribution in [2.45, 2.75) is 51.6 Å². The van der Waals surface area contributed by atoms with Gasteiger partial charge in [0.1, 0.15) is 5.82 Å². The van der Waals surface area contributed by atoms with E-state index in [2.05, 4.69) is 23.8 Å². The molecule has 0 aliphatic heterocycles. The Morgan fingerprint density at radius 3 is 1.82 bits per heavy atom. The van der Waals surface area contributed by atoms with Crippen molar-refractivity contribution >= 4 is 0 Å². The monoisotopic (exact) mass is 460 g/mol. The summed E-state index contributed by atoms with van der Waals surface area (Å²) in [6, 6.07) is 14.0. The Balaban J connectivity index is 1.56. The van der Waals surface area contributed by atoms with Gasteiger partial charge in [-0.25, -0.2) is 13.2 Å². The first-order valence-corrected chi connectivity index (χ1v) is 11.1. The smallest absolute Gasteiger partial charge is 0.395 e. The van der Waals surface area contributed by atoms with Crippen LogP contribution in [0.2, 0.25) is 0 Å². The van der Waals surface area contributed by atoms with Gasteiger partial charge in [0.15, 0.2) is 17.4 Å². The summed E-state index contributed by atoms with van der Waals surface area (Å²) in [4.78, 5) is 0. The fourth-order valence-electron chi connectivity index (χ4n) is 4.46. The summed E-state index contributed by atoms with van der Waals surface area (Å²) in [7, 11) is 0. The molecule has 1 aliphatic carbocycles. The summed E-state index contributed by atoms with van der Waals surface area (Å²) in [5, 5.41) is 0. The average Bonchev–Trinajstić information content (AvgIpc) is 2.76. The van der Waals surface area contributed by atoms with Crippen LogP contribution in [0.1, 0.15) is 51.0 Å². The lowest BCUT2D eigenvalue weighted by Gasteiger charge is -2.26. The summed E-state index contributed by atoms with van der Waals surface area (Å²) in [6.45, 7) is 2.66. The lowest BCUT2D eigenvalue weighted by atomic mass is 9.79. The van der Waals surface area contributed by atoms with E-state index >= 15 is 0 Å². The molecule has 6 heteroatoms. The summed E-state index contributed by atoms with van der Waals surface area (Å²) >= 11 is 0. The number of alkyl halides is 2. The van der Waals surface area contributed by atoms with Crippen LogP contribution in [0.4, 0.5) is 22.0 Å². The molecular weight excluding hydrogens is 435 g/mol.